The van der Waals surface area contributed by atoms with Crippen LogP contribution in [0.5, 0.6) is 0 Å². The molecule has 114 valence electrons. The van der Waals surface area contributed by atoms with Crippen LogP contribution in [-0.4, -0.2) is 12.2 Å². The van der Waals surface area contributed by atoms with Crippen LogP contribution in [0.15, 0.2) is 65.7 Å². The molecule has 1 heterocycles. The van der Waals surface area contributed by atoms with Crippen LogP contribution < -0.4 is 5.32 Å². The molecule has 0 radical (unpaired) electrons. The van der Waals surface area contributed by atoms with Crippen LogP contribution in [0.4, 0.5) is 5.69 Å². The number of allylic oxidation sites excluding steroid dienone is 2. The summed E-state index contributed by atoms with van der Waals surface area (Å²) in [6.45, 7) is 1.96. The van der Waals surface area contributed by atoms with Crippen LogP contribution in [0.2, 0.25) is 0 Å². The molecule has 2 aromatic rings. The zero-order valence-electron chi connectivity index (χ0n) is 12.9. The van der Waals surface area contributed by atoms with Gasteiger partial charge >= 0.3 is 0 Å². The molecule has 3 nitrogen and oxygen atoms in total. The molecular weight excluding hydrogens is 286 g/mol. The van der Waals surface area contributed by atoms with E-state index in [2.05, 4.69) is 5.32 Å². The van der Waals surface area contributed by atoms with Gasteiger partial charge < -0.3 is 5.32 Å². The summed E-state index contributed by atoms with van der Waals surface area (Å²) in [5, 5.41) is 3.01. The number of hydrogen-bond acceptors (Lipinski definition) is 2. The lowest BCUT2D eigenvalue weighted by molar-refractivity contribution is -0.121. The molecule has 0 fully saturated rings. The van der Waals surface area contributed by atoms with Crippen molar-refractivity contribution >= 4 is 17.9 Å². The number of fused-ring (bicyclic) bond motifs is 2. The van der Waals surface area contributed by atoms with Gasteiger partial charge in [-0.1, -0.05) is 54.1 Å². The van der Waals surface area contributed by atoms with Crippen LogP contribution in [0, 0.1) is 0 Å². The van der Waals surface area contributed by atoms with Crippen molar-refractivity contribution in [3.63, 3.8) is 0 Å². The number of para-hydroxylation sites is 1. The van der Waals surface area contributed by atoms with Crippen molar-refractivity contribution in [3.05, 3.63) is 76.9 Å². The topological polar surface area (TPSA) is 46.2 Å². The van der Waals surface area contributed by atoms with Gasteiger partial charge in [0.15, 0.2) is 0 Å². The highest BCUT2D eigenvalue weighted by Crippen LogP contribution is 2.57. The Morgan fingerprint density at radius 2 is 1.78 bits per heavy atom. The lowest BCUT2D eigenvalue weighted by Crippen LogP contribution is -2.38. The number of rotatable bonds is 2. The molecule has 0 saturated heterocycles. The molecule has 0 bridgehead atoms. The standard InChI is InChI=1S/C20H17NO2/c1-13-11-20(16-9-5-6-10-17(16)21-19(20)23)18(15(13)12-22)14-7-3-2-4-8-14/h2-10,12,18H,11H2,1H3,(H,21,23)/t18-,20+/m1/s1. The van der Waals surface area contributed by atoms with E-state index in [4.69, 9.17) is 0 Å². The molecule has 0 aromatic heterocycles. The molecule has 4 rings (SSSR count). The number of aldehydes is 1. The number of benzene rings is 2. The first kappa shape index (κ1) is 13.9. The predicted octanol–water partition coefficient (Wildman–Crippen LogP) is 3.58. The maximum atomic E-state index is 13.0. The van der Waals surface area contributed by atoms with Gasteiger partial charge in [-0.2, -0.15) is 0 Å². The molecular formula is C20H17NO2. The molecule has 23 heavy (non-hydrogen) atoms. The third kappa shape index (κ3) is 1.76. The van der Waals surface area contributed by atoms with Crippen molar-refractivity contribution in [1.29, 1.82) is 0 Å². The van der Waals surface area contributed by atoms with Gasteiger partial charge in [0.05, 0.1) is 5.41 Å². The van der Waals surface area contributed by atoms with Crippen LogP contribution in [0.3, 0.4) is 0 Å². The predicted molar refractivity (Wildman–Crippen MR) is 89.3 cm³/mol. The Hall–Kier alpha value is -2.68. The number of hydrogen-bond donors (Lipinski definition) is 1. The Labute approximate surface area is 135 Å². The van der Waals surface area contributed by atoms with Crippen LogP contribution >= 0.6 is 0 Å². The van der Waals surface area contributed by atoms with E-state index in [0.717, 1.165) is 34.2 Å². The number of carbonyl (C=O) groups excluding carboxylic acids is 2. The molecule has 2 aromatic carbocycles. The van der Waals surface area contributed by atoms with Gasteiger partial charge in [-0.15, -0.1) is 0 Å². The lowest BCUT2D eigenvalue weighted by Gasteiger charge is -2.31. The highest BCUT2D eigenvalue weighted by molar-refractivity contribution is 6.09. The number of amides is 1. The van der Waals surface area contributed by atoms with Crippen LogP contribution in [0.25, 0.3) is 0 Å². The summed E-state index contributed by atoms with van der Waals surface area (Å²) < 4.78 is 0. The summed E-state index contributed by atoms with van der Waals surface area (Å²) in [4.78, 5) is 24.8. The van der Waals surface area contributed by atoms with Crippen molar-refractivity contribution in [2.45, 2.75) is 24.7 Å². The summed E-state index contributed by atoms with van der Waals surface area (Å²) in [5.41, 5.74) is 3.90. The summed E-state index contributed by atoms with van der Waals surface area (Å²) in [7, 11) is 0. The SMILES string of the molecule is CC1=C(C=O)[C@@H](c2ccccc2)[C@@]2(C1)C(=O)Nc1ccccc12. The van der Waals surface area contributed by atoms with E-state index in [1.807, 2.05) is 61.5 Å². The Morgan fingerprint density at radius 1 is 1.09 bits per heavy atom. The smallest absolute Gasteiger partial charge is 0.236 e. The van der Waals surface area contributed by atoms with Gasteiger partial charge in [-0.3, -0.25) is 9.59 Å². The Kier molecular flexibility index (Phi) is 2.98. The van der Waals surface area contributed by atoms with Crippen molar-refractivity contribution in [1.82, 2.24) is 0 Å². The Morgan fingerprint density at radius 3 is 2.52 bits per heavy atom. The van der Waals surface area contributed by atoms with E-state index < -0.39 is 5.41 Å². The molecule has 1 aliphatic heterocycles. The zero-order chi connectivity index (χ0) is 16.0. The van der Waals surface area contributed by atoms with Crippen molar-refractivity contribution in [2.75, 3.05) is 5.32 Å². The summed E-state index contributed by atoms with van der Waals surface area (Å²) >= 11 is 0. The van der Waals surface area contributed by atoms with Crippen molar-refractivity contribution < 1.29 is 9.59 Å². The Bertz CT molecular complexity index is 838. The van der Waals surface area contributed by atoms with Gasteiger partial charge in [-0.05, 0) is 36.1 Å². The highest BCUT2D eigenvalue weighted by atomic mass is 16.2. The van der Waals surface area contributed by atoms with E-state index in [0.29, 0.717) is 6.42 Å². The molecule has 1 amide bonds. The molecule has 1 N–H and O–H groups in total. The first-order valence-electron chi connectivity index (χ1n) is 7.79. The summed E-state index contributed by atoms with van der Waals surface area (Å²) in [6.07, 6.45) is 1.51. The fourth-order valence-corrected chi connectivity index (χ4v) is 4.21. The molecule has 0 saturated carbocycles. The van der Waals surface area contributed by atoms with E-state index in [9.17, 15) is 9.59 Å². The normalized spacial score (nSPS) is 25.6. The van der Waals surface area contributed by atoms with E-state index >= 15 is 0 Å². The van der Waals surface area contributed by atoms with Crippen LogP contribution in [-0.2, 0) is 15.0 Å². The first-order valence-corrected chi connectivity index (χ1v) is 7.79. The number of anilines is 1. The summed E-state index contributed by atoms with van der Waals surface area (Å²) in [5.74, 6) is -0.242. The highest BCUT2D eigenvalue weighted by Gasteiger charge is 2.57. The Balaban J connectivity index is 1.99. The third-order valence-electron chi connectivity index (χ3n) is 5.16. The first-order chi connectivity index (χ1) is 11.2. The third-order valence-corrected chi connectivity index (χ3v) is 5.16. The number of nitrogens with one attached hydrogen (secondary N) is 1. The average molecular weight is 303 g/mol. The second-order valence-electron chi connectivity index (χ2n) is 6.35. The zero-order valence-corrected chi connectivity index (χ0v) is 12.9. The fraction of sp³-hybridized carbons (Fsp3) is 0.200. The van der Waals surface area contributed by atoms with Crippen molar-refractivity contribution in [3.8, 4) is 0 Å². The molecule has 1 aliphatic carbocycles. The second kappa shape index (κ2) is 4.92. The van der Waals surface area contributed by atoms with E-state index in [1.54, 1.807) is 0 Å². The maximum Gasteiger partial charge on any atom is 0.236 e. The van der Waals surface area contributed by atoms with E-state index in [-0.39, 0.29) is 11.8 Å². The lowest BCUT2D eigenvalue weighted by atomic mass is 9.68. The van der Waals surface area contributed by atoms with Gasteiger partial charge in [0.25, 0.3) is 0 Å². The van der Waals surface area contributed by atoms with Crippen LogP contribution in [0.1, 0.15) is 30.4 Å². The summed E-state index contributed by atoms with van der Waals surface area (Å²) in [6, 6.07) is 17.7. The minimum atomic E-state index is -0.710. The number of carbonyl (C=O) groups is 2. The minimum Gasteiger partial charge on any atom is -0.325 e. The molecule has 0 unspecified atom stereocenters. The maximum absolute atomic E-state index is 13.0. The van der Waals surface area contributed by atoms with Gasteiger partial charge in [0.2, 0.25) is 5.91 Å². The fourth-order valence-electron chi connectivity index (χ4n) is 4.21. The van der Waals surface area contributed by atoms with Gasteiger partial charge in [0, 0.05) is 11.6 Å². The molecule has 2 aliphatic rings. The van der Waals surface area contributed by atoms with Crippen molar-refractivity contribution in [2.24, 2.45) is 0 Å². The molecule has 1 spiro atoms. The molecule has 3 heteroatoms. The van der Waals surface area contributed by atoms with Gasteiger partial charge in [0.1, 0.15) is 6.29 Å². The monoisotopic (exact) mass is 303 g/mol. The second-order valence-corrected chi connectivity index (χ2v) is 6.35. The van der Waals surface area contributed by atoms with Gasteiger partial charge in [-0.25, -0.2) is 0 Å². The average Bonchev–Trinajstić information content (AvgIpc) is 3.03. The minimum absolute atomic E-state index is 0.0104. The largest absolute Gasteiger partial charge is 0.325 e. The molecule has 2 atom stereocenters. The van der Waals surface area contributed by atoms with E-state index in [1.165, 1.54) is 0 Å². The quantitative estimate of drug-likeness (QED) is 0.862.